The lowest BCUT2D eigenvalue weighted by Gasteiger charge is -2.22. The number of ether oxygens (including phenoxy) is 1. The number of nitrogens with one attached hydrogen (secondary N) is 1. The van der Waals surface area contributed by atoms with Crippen LogP contribution in [0.4, 0.5) is 11.4 Å². The third kappa shape index (κ3) is 3.37. The number of nitrogens with zero attached hydrogens (tertiary/aromatic N) is 1. The van der Waals surface area contributed by atoms with Gasteiger partial charge < -0.3 is 15.8 Å². The van der Waals surface area contributed by atoms with Gasteiger partial charge in [-0.2, -0.15) is 0 Å². The van der Waals surface area contributed by atoms with Gasteiger partial charge >= 0.3 is 0 Å². The molecule has 5 heteroatoms. The van der Waals surface area contributed by atoms with Crippen molar-refractivity contribution < 1.29 is 9.53 Å². The minimum absolute atomic E-state index is 0.0803. The molecular weight excluding hydrogens is 230 g/mol. The fraction of sp³-hybridized carbons (Fsp3) is 0.462. The Morgan fingerprint density at radius 3 is 2.78 bits per heavy atom. The second-order valence-corrected chi connectivity index (χ2v) is 4.20. The van der Waals surface area contributed by atoms with E-state index in [4.69, 9.17) is 10.5 Å². The molecule has 1 rings (SSSR count). The van der Waals surface area contributed by atoms with Crippen molar-refractivity contribution in [3.05, 3.63) is 18.2 Å². The number of benzene rings is 1. The van der Waals surface area contributed by atoms with Crippen molar-refractivity contribution in [1.29, 1.82) is 0 Å². The summed E-state index contributed by atoms with van der Waals surface area (Å²) in [7, 11) is 3.46. The van der Waals surface area contributed by atoms with Crippen molar-refractivity contribution >= 4 is 17.3 Å². The lowest BCUT2D eigenvalue weighted by atomic mass is 10.2. The SMILES string of the molecule is CCN(C)C(C)C(=O)Nc1cc(N)ccc1OC. The molecule has 0 heterocycles. The molecule has 0 aromatic heterocycles. The van der Waals surface area contributed by atoms with Crippen LogP contribution >= 0.6 is 0 Å². The number of methoxy groups -OCH3 is 1. The predicted molar refractivity (Wildman–Crippen MR) is 73.8 cm³/mol. The van der Waals surface area contributed by atoms with E-state index in [-0.39, 0.29) is 11.9 Å². The van der Waals surface area contributed by atoms with E-state index in [0.717, 1.165) is 6.54 Å². The van der Waals surface area contributed by atoms with Crippen LogP contribution in [0.5, 0.6) is 5.75 Å². The minimum atomic E-state index is -0.207. The third-order valence-corrected chi connectivity index (χ3v) is 3.02. The van der Waals surface area contributed by atoms with Gasteiger partial charge in [0.1, 0.15) is 5.75 Å². The average molecular weight is 251 g/mol. The Kier molecular flexibility index (Phi) is 4.97. The van der Waals surface area contributed by atoms with Crippen molar-refractivity contribution in [2.24, 2.45) is 0 Å². The Hall–Kier alpha value is -1.75. The van der Waals surface area contributed by atoms with Crippen molar-refractivity contribution in [3.63, 3.8) is 0 Å². The van der Waals surface area contributed by atoms with Crippen molar-refractivity contribution in [2.75, 3.05) is 31.8 Å². The molecule has 0 bridgehead atoms. The molecular formula is C13H21N3O2. The van der Waals surface area contributed by atoms with Crippen LogP contribution in [-0.2, 0) is 4.79 Å². The first-order chi connectivity index (χ1) is 8.49. The van der Waals surface area contributed by atoms with E-state index in [9.17, 15) is 4.79 Å². The minimum Gasteiger partial charge on any atom is -0.495 e. The van der Waals surface area contributed by atoms with E-state index >= 15 is 0 Å². The molecule has 0 aliphatic heterocycles. The highest BCUT2D eigenvalue weighted by molar-refractivity contribution is 5.96. The van der Waals surface area contributed by atoms with Crippen LogP contribution in [0.25, 0.3) is 0 Å². The smallest absolute Gasteiger partial charge is 0.241 e. The Bertz CT molecular complexity index is 421. The van der Waals surface area contributed by atoms with Gasteiger partial charge in [0, 0.05) is 5.69 Å². The number of carbonyl (C=O) groups is 1. The summed E-state index contributed by atoms with van der Waals surface area (Å²) in [6.45, 7) is 4.67. The van der Waals surface area contributed by atoms with Gasteiger partial charge in [0.15, 0.2) is 0 Å². The molecule has 18 heavy (non-hydrogen) atoms. The van der Waals surface area contributed by atoms with E-state index < -0.39 is 0 Å². The molecule has 0 aliphatic carbocycles. The van der Waals surface area contributed by atoms with Gasteiger partial charge in [0.05, 0.1) is 18.8 Å². The summed E-state index contributed by atoms with van der Waals surface area (Å²) in [5.74, 6) is 0.521. The van der Waals surface area contributed by atoms with Crippen LogP contribution in [0.15, 0.2) is 18.2 Å². The van der Waals surface area contributed by atoms with Crippen LogP contribution in [0.3, 0.4) is 0 Å². The molecule has 0 saturated heterocycles. The molecule has 100 valence electrons. The van der Waals surface area contributed by atoms with Gasteiger partial charge in [-0.15, -0.1) is 0 Å². The average Bonchev–Trinajstić information content (AvgIpc) is 2.37. The quantitative estimate of drug-likeness (QED) is 0.779. The summed E-state index contributed by atoms with van der Waals surface area (Å²) in [5.41, 5.74) is 6.88. The van der Waals surface area contributed by atoms with Crippen LogP contribution in [0.2, 0.25) is 0 Å². The number of anilines is 2. The number of carbonyl (C=O) groups excluding carboxylic acids is 1. The summed E-state index contributed by atoms with van der Waals surface area (Å²) in [4.78, 5) is 14.0. The van der Waals surface area contributed by atoms with Crippen LogP contribution in [0, 0.1) is 0 Å². The van der Waals surface area contributed by atoms with E-state index in [2.05, 4.69) is 5.32 Å². The molecule has 3 N–H and O–H groups in total. The van der Waals surface area contributed by atoms with E-state index in [1.807, 2.05) is 25.8 Å². The summed E-state index contributed by atoms with van der Waals surface area (Å²) in [6, 6.07) is 4.95. The predicted octanol–water partition coefficient (Wildman–Crippen LogP) is 1.56. The van der Waals surface area contributed by atoms with Gasteiger partial charge in [0.25, 0.3) is 0 Å². The fourth-order valence-corrected chi connectivity index (χ4v) is 1.53. The highest BCUT2D eigenvalue weighted by Crippen LogP contribution is 2.26. The van der Waals surface area contributed by atoms with Gasteiger partial charge in [-0.25, -0.2) is 0 Å². The van der Waals surface area contributed by atoms with E-state index in [0.29, 0.717) is 17.1 Å². The first-order valence-electron chi connectivity index (χ1n) is 5.94. The maximum absolute atomic E-state index is 12.0. The molecule has 0 radical (unpaired) electrons. The zero-order chi connectivity index (χ0) is 13.7. The zero-order valence-corrected chi connectivity index (χ0v) is 11.4. The van der Waals surface area contributed by atoms with Crippen molar-refractivity contribution in [3.8, 4) is 5.75 Å². The summed E-state index contributed by atoms with van der Waals surface area (Å²) in [5, 5.41) is 2.83. The highest BCUT2D eigenvalue weighted by atomic mass is 16.5. The molecule has 1 aromatic rings. The first kappa shape index (κ1) is 14.3. The fourth-order valence-electron chi connectivity index (χ4n) is 1.53. The monoisotopic (exact) mass is 251 g/mol. The number of hydrogen-bond acceptors (Lipinski definition) is 4. The van der Waals surface area contributed by atoms with E-state index in [1.165, 1.54) is 0 Å². The Morgan fingerprint density at radius 1 is 1.56 bits per heavy atom. The molecule has 0 fully saturated rings. The third-order valence-electron chi connectivity index (χ3n) is 3.02. The van der Waals surface area contributed by atoms with Crippen LogP contribution < -0.4 is 15.8 Å². The molecule has 1 unspecified atom stereocenters. The second-order valence-electron chi connectivity index (χ2n) is 4.20. The molecule has 1 aromatic carbocycles. The van der Waals surface area contributed by atoms with Gasteiger partial charge in [-0.3, -0.25) is 9.69 Å². The largest absolute Gasteiger partial charge is 0.495 e. The molecule has 0 spiro atoms. The van der Waals surface area contributed by atoms with Gasteiger partial charge in [-0.05, 0) is 38.7 Å². The number of rotatable bonds is 5. The summed E-state index contributed by atoms with van der Waals surface area (Å²) < 4.78 is 5.18. The number of nitrogens with two attached hydrogens (primary N) is 1. The molecule has 1 atom stereocenters. The highest BCUT2D eigenvalue weighted by Gasteiger charge is 2.18. The molecule has 0 aliphatic rings. The van der Waals surface area contributed by atoms with Crippen molar-refractivity contribution in [2.45, 2.75) is 19.9 Å². The Morgan fingerprint density at radius 2 is 2.22 bits per heavy atom. The molecule has 5 nitrogen and oxygen atoms in total. The van der Waals surface area contributed by atoms with E-state index in [1.54, 1.807) is 25.3 Å². The van der Waals surface area contributed by atoms with Gasteiger partial charge in [-0.1, -0.05) is 6.92 Å². The lowest BCUT2D eigenvalue weighted by molar-refractivity contribution is -0.120. The first-order valence-corrected chi connectivity index (χ1v) is 5.94. The second kappa shape index (κ2) is 6.26. The standard InChI is InChI=1S/C13H21N3O2/c1-5-16(3)9(2)13(17)15-11-8-10(14)6-7-12(11)18-4/h6-9H,5,14H2,1-4H3,(H,15,17). The number of nitrogen functional groups attached to an aromatic ring is 1. The number of likely N-dealkylation sites (N-methyl/N-ethyl adjacent to an activating group) is 1. The maximum atomic E-state index is 12.0. The summed E-state index contributed by atoms with van der Waals surface area (Å²) in [6.07, 6.45) is 0. The topological polar surface area (TPSA) is 67.6 Å². The molecule has 1 amide bonds. The normalized spacial score (nSPS) is 12.3. The zero-order valence-electron chi connectivity index (χ0n) is 11.4. The number of amides is 1. The number of hydrogen-bond donors (Lipinski definition) is 2. The van der Waals surface area contributed by atoms with Crippen molar-refractivity contribution in [1.82, 2.24) is 4.90 Å². The van der Waals surface area contributed by atoms with Crippen LogP contribution in [-0.4, -0.2) is 37.6 Å². The molecule has 0 saturated carbocycles. The van der Waals surface area contributed by atoms with Crippen LogP contribution in [0.1, 0.15) is 13.8 Å². The Labute approximate surface area is 108 Å². The Balaban J connectivity index is 2.84. The van der Waals surface area contributed by atoms with Gasteiger partial charge in [0.2, 0.25) is 5.91 Å². The summed E-state index contributed by atoms with van der Waals surface area (Å²) >= 11 is 0. The maximum Gasteiger partial charge on any atom is 0.241 e. The lowest BCUT2D eigenvalue weighted by Crippen LogP contribution is -2.39.